The second-order valence-corrected chi connectivity index (χ2v) is 5.78. The zero-order valence-corrected chi connectivity index (χ0v) is 14.1. The number of aliphatic hydroxyl groups excluding tert-OH is 2. The van der Waals surface area contributed by atoms with Gasteiger partial charge in [0.1, 0.15) is 23.9 Å². The molecule has 0 saturated heterocycles. The van der Waals surface area contributed by atoms with E-state index in [1.165, 1.54) is 31.2 Å². The van der Waals surface area contributed by atoms with Crippen LogP contribution in [0.3, 0.4) is 0 Å². The number of carbonyl (C=O) groups excluding carboxylic acids is 2. The third-order valence-corrected chi connectivity index (χ3v) is 3.63. The summed E-state index contributed by atoms with van der Waals surface area (Å²) in [6.07, 6.45) is -1.24. The number of carboxylic acids is 1. The van der Waals surface area contributed by atoms with Crippen LogP contribution in [0.1, 0.15) is 12.5 Å². The molecule has 0 aromatic heterocycles. The molecule has 0 saturated carbocycles. The number of hydrogen-bond donors (Lipinski definition) is 7. The monoisotopic (exact) mass is 369 g/mol. The smallest absolute Gasteiger partial charge is 0.326 e. The van der Waals surface area contributed by atoms with Crippen molar-refractivity contribution in [3.8, 4) is 5.75 Å². The molecular weight excluding hydrogens is 346 g/mol. The zero-order valence-electron chi connectivity index (χ0n) is 14.1. The number of rotatable bonds is 9. The first-order valence-electron chi connectivity index (χ1n) is 7.81. The third kappa shape index (κ3) is 6.31. The molecule has 144 valence electrons. The lowest BCUT2D eigenvalue weighted by Gasteiger charge is -2.22. The summed E-state index contributed by atoms with van der Waals surface area (Å²) in [5.74, 6) is -3.07. The van der Waals surface area contributed by atoms with Gasteiger partial charge in [0.2, 0.25) is 11.8 Å². The zero-order chi connectivity index (χ0) is 19.9. The second kappa shape index (κ2) is 9.70. The third-order valence-electron chi connectivity index (χ3n) is 3.63. The number of aliphatic hydroxyl groups is 2. The number of nitrogens with one attached hydrogen (secondary N) is 2. The summed E-state index contributed by atoms with van der Waals surface area (Å²) in [6.45, 7) is 0.506. The van der Waals surface area contributed by atoms with E-state index < -0.39 is 48.6 Å². The molecule has 0 fully saturated rings. The van der Waals surface area contributed by atoms with E-state index in [2.05, 4.69) is 10.6 Å². The van der Waals surface area contributed by atoms with E-state index >= 15 is 0 Å². The molecule has 0 heterocycles. The molecule has 4 atom stereocenters. The maximum atomic E-state index is 12.2. The van der Waals surface area contributed by atoms with Gasteiger partial charge in [-0.1, -0.05) is 12.1 Å². The van der Waals surface area contributed by atoms with Crippen LogP contribution < -0.4 is 16.4 Å². The molecule has 1 rings (SSSR count). The number of benzene rings is 1. The summed E-state index contributed by atoms with van der Waals surface area (Å²) in [5.41, 5.74) is 5.99. The van der Waals surface area contributed by atoms with Gasteiger partial charge in [-0.3, -0.25) is 9.59 Å². The van der Waals surface area contributed by atoms with E-state index in [1.54, 1.807) is 0 Å². The van der Waals surface area contributed by atoms with Crippen molar-refractivity contribution in [2.45, 2.75) is 37.6 Å². The van der Waals surface area contributed by atoms with Crippen molar-refractivity contribution < 1.29 is 34.8 Å². The molecule has 0 aliphatic carbocycles. The molecule has 2 amide bonds. The minimum absolute atomic E-state index is 0.0159. The van der Waals surface area contributed by atoms with Crippen LogP contribution in [0.2, 0.25) is 0 Å². The van der Waals surface area contributed by atoms with Crippen LogP contribution in [0, 0.1) is 0 Å². The van der Waals surface area contributed by atoms with Crippen LogP contribution in [0.15, 0.2) is 24.3 Å². The first kappa shape index (κ1) is 21.4. The van der Waals surface area contributed by atoms with Gasteiger partial charge >= 0.3 is 5.97 Å². The van der Waals surface area contributed by atoms with Crippen LogP contribution in [-0.2, 0) is 20.8 Å². The minimum Gasteiger partial charge on any atom is -0.508 e. The maximum Gasteiger partial charge on any atom is 0.326 e. The summed E-state index contributed by atoms with van der Waals surface area (Å²) in [5, 5.41) is 41.4. The molecular formula is C16H23N3O7. The van der Waals surface area contributed by atoms with Crippen LogP contribution in [0.25, 0.3) is 0 Å². The molecule has 1 aromatic carbocycles. The SMILES string of the molecule is CC(O)C(N)C(=O)NC(CO)C(=O)NC(Cc1ccc(O)cc1)C(=O)O. The number of aliphatic carboxylic acids is 1. The summed E-state index contributed by atoms with van der Waals surface area (Å²) < 4.78 is 0. The highest BCUT2D eigenvalue weighted by atomic mass is 16.4. The number of carboxylic acid groups (broad SMARTS) is 1. The van der Waals surface area contributed by atoms with Gasteiger partial charge in [-0.05, 0) is 24.6 Å². The van der Waals surface area contributed by atoms with E-state index in [4.69, 9.17) is 5.73 Å². The maximum absolute atomic E-state index is 12.2. The highest BCUT2D eigenvalue weighted by molar-refractivity contribution is 5.92. The van der Waals surface area contributed by atoms with E-state index in [-0.39, 0.29) is 12.2 Å². The Morgan fingerprint density at radius 3 is 2.08 bits per heavy atom. The Balaban J connectivity index is 2.76. The highest BCUT2D eigenvalue weighted by Crippen LogP contribution is 2.11. The van der Waals surface area contributed by atoms with Crippen molar-refractivity contribution in [3.05, 3.63) is 29.8 Å². The lowest BCUT2D eigenvalue weighted by molar-refractivity contribution is -0.142. The number of amides is 2. The summed E-state index contributed by atoms with van der Waals surface area (Å²) in [7, 11) is 0. The highest BCUT2D eigenvalue weighted by Gasteiger charge is 2.28. The van der Waals surface area contributed by atoms with Gasteiger partial charge in [0, 0.05) is 6.42 Å². The van der Waals surface area contributed by atoms with Crippen molar-refractivity contribution in [2.24, 2.45) is 5.73 Å². The van der Waals surface area contributed by atoms with Crippen molar-refractivity contribution >= 4 is 17.8 Å². The molecule has 1 aromatic rings. The van der Waals surface area contributed by atoms with Crippen LogP contribution >= 0.6 is 0 Å². The normalized spacial score (nSPS) is 15.4. The Morgan fingerprint density at radius 2 is 1.62 bits per heavy atom. The van der Waals surface area contributed by atoms with Crippen molar-refractivity contribution in [2.75, 3.05) is 6.61 Å². The standard InChI is InChI=1S/C16H23N3O7/c1-8(21)13(17)15(24)19-12(7-20)14(23)18-11(16(25)26)6-9-2-4-10(22)5-3-9/h2-5,8,11-13,20-22H,6-7,17H2,1H3,(H,18,23)(H,19,24)(H,25,26). The van der Waals surface area contributed by atoms with Gasteiger partial charge in [0.15, 0.2) is 0 Å². The number of carbonyl (C=O) groups is 3. The molecule has 0 aliphatic rings. The van der Waals surface area contributed by atoms with Crippen molar-refractivity contribution in [3.63, 3.8) is 0 Å². The fraction of sp³-hybridized carbons (Fsp3) is 0.438. The van der Waals surface area contributed by atoms with Crippen molar-refractivity contribution in [1.29, 1.82) is 0 Å². The first-order chi connectivity index (χ1) is 12.1. The molecule has 0 radical (unpaired) electrons. The topological polar surface area (TPSA) is 182 Å². The summed E-state index contributed by atoms with van der Waals surface area (Å²) in [6, 6.07) is 1.73. The van der Waals surface area contributed by atoms with E-state index in [9.17, 15) is 34.8 Å². The average Bonchev–Trinajstić information content (AvgIpc) is 2.59. The summed E-state index contributed by atoms with van der Waals surface area (Å²) in [4.78, 5) is 35.3. The second-order valence-electron chi connectivity index (χ2n) is 5.78. The number of aromatic hydroxyl groups is 1. The quantitative estimate of drug-likeness (QED) is 0.253. The number of phenols is 1. The Morgan fingerprint density at radius 1 is 1.08 bits per heavy atom. The lowest BCUT2D eigenvalue weighted by Crippen LogP contribution is -2.57. The number of phenolic OH excluding ortho intramolecular Hbond substituents is 1. The fourth-order valence-corrected chi connectivity index (χ4v) is 2.02. The Bertz CT molecular complexity index is 633. The predicted octanol–water partition coefficient (Wildman–Crippen LogP) is -2.31. The van der Waals surface area contributed by atoms with Crippen LogP contribution in [0.5, 0.6) is 5.75 Å². The number of hydrogen-bond acceptors (Lipinski definition) is 7. The summed E-state index contributed by atoms with van der Waals surface area (Å²) >= 11 is 0. The van der Waals surface area contributed by atoms with Gasteiger partial charge in [0.25, 0.3) is 0 Å². The first-order valence-corrected chi connectivity index (χ1v) is 7.81. The van der Waals surface area contributed by atoms with E-state index in [0.29, 0.717) is 5.56 Å². The average molecular weight is 369 g/mol. The van der Waals surface area contributed by atoms with Gasteiger partial charge in [0.05, 0.1) is 12.7 Å². The molecule has 0 bridgehead atoms. The Kier molecular flexibility index (Phi) is 7.97. The number of nitrogens with two attached hydrogens (primary N) is 1. The molecule has 8 N–H and O–H groups in total. The largest absolute Gasteiger partial charge is 0.508 e. The fourth-order valence-electron chi connectivity index (χ4n) is 2.02. The molecule has 0 spiro atoms. The molecule has 10 nitrogen and oxygen atoms in total. The predicted molar refractivity (Wildman–Crippen MR) is 90.1 cm³/mol. The van der Waals surface area contributed by atoms with E-state index in [1.807, 2.05) is 0 Å². The van der Waals surface area contributed by atoms with Gasteiger partial charge < -0.3 is 36.8 Å². The van der Waals surface area contributed by atoms with Crippen LogP contribution in [-0.4, -0.2) is 69.0 Å². The minimum atomic E-state index is -1.42. The Labute approximate surface area is 149 Å². The molecule has 26 heavy (non-hydrogen) atoms. The van der Waals surface area contributed by atoms with E-state index in [0.717, 1.165) is 0 Å². The van der Waals surface area contributed by atoms with Gasteiger partial charge in [-0.15, -0.1) is 0 Å². The van der Waals surface area contributed by atoms with Crippen molar-refractivity contribution in [1.82, 2.24) is 10.6 Å². The molecule has 0 aliphatic heterocycles. The molecule has 4 unspecified atom stereocenters. The van der Waals surface area contributed by atoms with Gasteiger partial charge in [-0.2, -0.15) is 0 Å². The Hall–Kier alpha value is -2.69. The molecule has 10 heteroatoms. The van der Waals surface area contributed by atoms with Crippen LogP contribution in [0.4, 0.5) is 0 Å². The van der Waals surface area contributed by atoms with Gasteiger partial charge in [-0.25, -0.2) is 4.79 Å². The lowest BCUT2D eigenvalue weighted by atomic mass is 10.1.